The number of alkyl halides is 3. The molecular weight excluding hydrogens is 319 g/mol. The molecule has 0 fully saturated rings. The van der Waals surface area contributed by atoms with Crippen LogP contribution in [0.3, 0.4) is 0 Å². The summed E-state index contributed by atoms with van der Waals surface area (Å²) in [5.74, 6) is 0. The van der Waals surface area contributed by atoms with Gasteiger partial charge in [0, 0.05) is 11.8 Å². The molecule has 0 unspecified atom stereocenters. The Hall–Kier alpha value is -2.41. The molecular formula is C17H16F3N3O. The van der Waals surface area contributed by atoms with Crippen molar-refractivity contribution in [1.82, 2.24) is 14.5 Å². The number of aromatic nitrogens is 3. The van der Waals surface area contributed by atoms with Gasteiger partial charge in [0.1, 0.15) is 0 Å². The fourth-order valence-electron chi connectivity index (χ4n) is 2.49. The predicted octanol–water partition coefficient (Wildman–Crippen LogP) is 3.89. The molecule has 1 aromatic carbocycles. The molecule has 0 radical (unpaired) electrons. The Morgan fingerprint density at radius 1 is 1.08 bits per heavy atom. The summed E-state index contributed by atoms with van der Waals surface area (Å²) in [5.41, 5.74) is 0.983. The van der Waals surface area contributed by atoms with E-state index in [4.69, 9.17) is 0 Å². The maximum absolute atomic E-state index is 12.6. The van der Waals surface area contributed by atoms with Crippen molar-refractivity contribution in [2.24, 2.45) is 0 Å². The van der Waals surface area contributed by atoms with Crippen molar-refractivity contribution < 1.29 is 18.3 Å². The quantitative estimate of drug-likeness (QED) is 0.790. The third-order valence-electron chi connectivity index (χ3n) is 3.56. The highest BCUT2D eigenvalue weighted by atomic mass is 19.4. The van der Waals surface area contributed by atoms with E-state index in [0.717, 1.165) is 23.3 Å². The van der Waals surface area contributed by atoms with E-state index in [1.165, 1.54) is 6.07 Å². The normalized spacial score (nSPS) is 12.8. The number of nitrogens with zero attached hydrogens (tertiary/aromatic N) is 3. The zero-order valence-electron chi connectivity index (χ0n) is 13.2. The average Bonchev–Trinajstić information content (AvgIpc) is 2.87. The first-order valence-electron chi connectivity index (χ1n) is 7.34. The Bertz CT molecular complexity index is 861. The van der Waals surface area contributed by atoms with Crippen molar-refractivity contribution in [2.75, 3.05) is 0 Å². The van der Waals surface area contributed by atoms with Gasteiger partial charge in [-0.1, -0.05) is 6.07 Å². The maximum Gasteiger partial charge on any atom is 0.417 e. The van der Waals surface area contributed by atoms with Crippen LogP contribution in [-0.2, 0) is 12.7 Å². The first kappa shape index (κ1) is 16.4. The van der Waals surface area contributed by atoms with Crippen LogP contribution in [0.15, 0.2) is 42.9 Å². The Kier molecular flexibility index (Phi) is 3.83. The number of hydrogen-bond acceptors (Lipinski definition) is 3. The van der Waals surface area contributed by atoms with Crippen molar-refractivity contribution in [1.29, 1.82) is 0 Å². The van der Waals surface area contributed by atoms with Crippen LogP contribution in [0.2, 0.25) is 0 Å². The second-order valence-corrected chi connectivity index (χ2v) is 6.32. The van der Waals surface area contributed by atoms with Crippen LogP contribution in [-0.4, -0.2) is 25.2 Å². The summed E-state index contributed by atoms with van der Waals surface area (Å²) in [4.78, 5) is 8.18. The van der Waals surface area contributed by atoms with Gasteiger partial charge in [-0.2, -0.15) is 13.2 Å². The van der Waals surface area contributed by atoms with Crippen LogP contribution >= 0.6 is 0 Å². The summed E-state index contributed by atoms with van der Waals surface area (Å²) in [6, 6.07) is 7.72. The summed E-state index contributed by atoms with van der Waals surface area (Å²) in [5, 5.41) is 9.97. The number of imidazole rings is 1. The molecule has 2 aromatic heterocycles. The molecule has 3 aromatic rings. The molecule has 0 aliphatic carbocycles. The van der Waals surface area contributed by atoms with Crippen LogP contribution in [0.4, 0.5) is 13.2 Å². The molecule has 0 saturated carbocycles. The SMILES string of the molecule is CC(C)(O)Cn1cnc2ccc(-c3ccc(C(F)(F)F)cn3)cc21. The number of hydrogen-bond donors (Lipinski definition) is 1. The van der Waals surface area contributed by atoms with Crippen molar-refractivity contribution >= 4 is 11.0 Å². The van der Waals surface area contributed by atoms with E-state index < -0.39 is 17.3 Å². The molecule has 126 valence electrons. The van der Waals surface area contributed by atoms with Gasteiger partial charge in [-0.3, -0.25) is 4.98 Å². The van der Waals surface area contributed by atoms with Crippen LogP contribution < -0.4 is 0 Å². The van der Waals surface area contributed by atoms with Crippen molar-refractivity contribution in [3.63, 3.8) is 0 Å². The minimum atomic E-state index is -4.40. The fourth-order valence-corrected chi connectivity index (χ4v) is 2.49. The summed E-state index contributed by atoms with van der Waals surface area (Å²) in [6.07, 6.45) is -1.94. The van der Waals surface area contributed by atoms with Gasteiger partial charge in [0.05, 0.1) is 40.8 Å². The topological polar surface area (TPSA) is 50.9 Å². The van der Waals surface area contributed by atoms with E-state index in [9.17, 15) is 18.3 Å². The molecule has 4 nitrogen and oxygen atoms in total. The van der Waals surface area contributed by atoms with E-state index in [1.54, 1.807) is 32.3 Å². The molecule has 0 bridgehead atoms. The van der Waals surface area contributed by atoms with Gasteiger partial charge < -0.3 is 9.67 Å². The summed E-state index contributed by atoms with van der Waals surface area (Å²) < 4.78 is 39.7. The second kappa shape index (κ2) is 5.59. The molecule has 2 heterocycles. The molecule has 0 spiro atoms. The van der Waals surface area contributed by atoms with Gasteiger partial charge in [0.25, 0.3) is 0 Å². The van der Waals surface area contributed by atoms with E-state index >= 15 is 0 Å². The van der Waals surface area contributed by atoms with E-state index in [2.05, 4.69) is 9.97 Å². The van der Waals surface area contributed by atoms with Crippen molar-refractivity contribution in [3.8, 4) is 11.3 Å². The molecule has 7 heteroatoms. The van der Waals surface area contributed by atoms with Crippen molar-refractivity contribution in [3.05, 3.63) is 48.4 Å². The highest BCUT2D eigenvalue weighted by molar-refractivity contribution is 5.81. The molecule has 0 atom stereocenters. The third-order valence-corrected chi connectivity index (χ3v) is 3.56. The van der Waals surface area contributed by atoms with Gasteiger partial charge in [-0.25, -0.2) is 4.98 Å². The Morgan fingerprint density at radius 3 is 2.42 bits per heavy atom. The van der Waals surface area contributed by atoms with Gasteiger partial charge in [0.2, 0.25) is 0 Å². The number of benzene rings is 1. The lowest BCUT2D eigenvalue weighted by atomic mass is 10.1. The standard InChI is InChI=1S/C17H16F3N3O/c1-16(2,24)9-23-10-22-14-5-3-11(7-15(14)23)13-6-4-12(8-21-13)17(18,19)20/h3-8,10,24H,9H2,1-2H3. The molecule has 0 aliphatic rings. The molecule has 1 N–H and O–H groups in total. The van der Waals surface area contributed by atoms with Crippen LogP contribution in [0.25, 0.3) is 22.3 Å². The lowest BCUT2D eigenvalue weighted by molar-refractivity contribution is -0.137. The number of aliphatic hydroxyl groups is 1. The minimum Gasteiger partial charge on any atom is -0.389 e. The van der Waals surface area contributed by atoms with Gasteiger partial charge in [0.15, 0.2) is 0 Å². The number of fused-ring (bicyclic) bond motifs is 1. The van der Waals surface area contributed by atoms with Gasteiger partial charge in [-0.05, 0) is 38.1 Å². The lowest BCUT2D eigenvalue weighted by Crippen LogP contribution is -2.25. The highest BCUT2D eigenvalue weighted by Crippen LogP contribution is 2.30. The Labute approximate surface area is 136 Å². The van der Waals surface area contributed by atoms with Crippen LogP contribution in [0.5, 0.6) is 0 Å². The number of halogens is 3. The number of pyridine rings is 1. The zero-order valence-corrected chi connectivity index (χ0v) is 13.2. The van der Waals surface area contributed by atoms with E-state index in [0.29, 0.717) is 17.8 Å². The fraction of sp³-hybridized carbons (Fsp3) is 0.294. The zero-order chi connectivity index (χ0) is 17.5. The Morgan fingerprint density at radius 2 is 1.83 bits per heavy atom. The molecule has 0 amide bonds. The van der Waals surface area contributed by atoms with E-state index in [-0.39, 0.29) is 0 Å². The average molecular weight is 335 g/mol. The number of rotatable bonds is 3. The van der Waals surface area contributed by atoms with Crippen molar-refractivity contribution in [2.45, 2.75) is 32.2 Å². The molecule has 3 rings (SSSR count). The first-order chi connectivity index (χ1) is 11.1. The smallest absolute Gasteiger partial charge is 0.389 e. The van der Waals surface area contributed by atoms with Crippen LogP contribution in [0.1, 0.15) is 19.4 Å². The minimum absolute atomic E-state index is 0.355. The largest absolute Gasteiger partial charge is 0.417 e. The van der Waals surface area contributed by atoms with E-state index in [1.807, 2.05) is 10.6 Å². The van der Waals surface area contributed by atoms with Gasteiger partial charge in [-0.15, -0.1) is 0 Å². The third kappa shape index (κ3) is 3.41. The maximum atomic E-state index is 12.6. The first-order valence-corrected chi connectivity index (χ1v) is 7.34. The van der Waals surface area contributed by atoms with Gasteiger partial charge >= 0.3 is 6.18 Å². The molecule has 24 heavy (non-hydrogen) atoms. The van der Waals surface area contributed by atoms with Crippen LogP contribution in [0, 0.1) is 0 Å². The second-order valence-electron chi connectivity index (χ2n) is 6.32. The lowest BCUT2D eigenvalue weighted by Gasteiger charge is -2.18. The predicted molar refractivity (Wildman–Crippen MR) is 84.3 cm³/mol. The molecule has 0 saturated heterocycles. The monoisotopic (exact) mass is 335 g/mol. The summed E-state index contributed by atoms with van der Waals surface area (Å²) in [7, 11) is 0. The summed E-state index contributed by atoms with van der Waals surface area (Å²) in [6.45, 7) is 3.74. The Balaban J connectivity index is 1.99. The summed E-state index contributed by atoms with van der Waals surface area (Å²) >= 11 is 0. The molecule has 0 aliphatic heterocycles. The highest BCUT2D eigenvalue weighted by Gasteiger charge is 2.30.